The van der Waals surface area contributed by atoms with E-state index in [0.29, 0.717) is 17.6 Å². The Bertz CT molecular complexity index is 791. The molecule has 2 aromatic rings. The van der Waals surface area contributed by atoms with Crippen molar-refractivity contribution < 1.29 is 9.52 Å². The number of phenolic OH excluding ortho intramolecular Hbond substituents is 1. The molecule has 0 unspecified atom stereocenters. The van der Waals surface area contributed by atoms with E-state index in [2.05, 4.69) is 11.5 Å². The molecule has 2 heterocycles. The van der Waals surface area contributed by atoms with Crippen LogP contribution in [0.5, 0.6) is 5.75 Å². The number of halogens is 1. The highest BCUT2D eigenvalue weighted by Gasteiger charge is 2.18. The van der Waals surface area contributed by atoms with E-state index < -0.39 is 0 Å². The van der Waals surface area contributed by atoms with Crippen molar-refractivity contribution in [2.45, 2.75) is 39.2 Å². The predicted octanol–water partition coefficient (Wildman–Crippen LogP) is 3.94. The predicted molar refractivity (Wildman–Crippen MR) is 99.2 cm³/mol. The third-order valence-corrected chi connectivity index (χ3v) is 4.58. The summed E-state index contributed by atoms with van der Waals surface area (Å²) < 4.78 is 5.38. The van der Waals surface area contributed by atoms with E-state index in [4.69, 9.17) is 4.42 Å². The lowest BCUT2D eigenvalue weighted by Gasteiger charge is -2.27. The number of hydrogen-bond acceptors (Lipinski definition) is 4. The summed E-state index contributed by atoms with van der Waals surface area (Å²) in [7, 11) is 0. The van der Waals surface area contributed by atoms with E-state index in [9.17, 15) is 9.90 Å². The van der Waals surface area contributed by atoms with Gasteiger partial charge in [0.2, 0.25) is 0 Å². The molecule has 0 saturated carbocycles. The van der Waals surface area contributed by atoms with Gasteiger partial charge in [0, 0.05) is 29.1 Å². The lowest BCUT2D eigenvalue weighted by molar-refractivity contribution is 0.218. The molecular formula is C19H24ClNO3. The van der Waals surface area contributed by atoms with Crippen molar-refractivity contribution in [2.24, 2.45) is 0 Å². The molecule has 1 saturated heterocycles. The molecule has 24 heavy (non-hydrogen) atoms. The summed E-state index contributed by atoms with van der Waals surface area (Å²) >= 11 is 0. The molecule has 1 N–H and O–H groups in total. The highest BCUT2D eigenvalue weighted by atomic mass is 35.5. The summed E-state index contributed by atoms with van der Waals surface area (Å²) in [6, 6.07) is 3.46. The van der Waals surface area contributed by atoms with Crippen molar-refractivity contribution in [3.05, 3.63) is 51.9 Å². The molecule has 0 spiro atoms. The molecule has 4 nitrogen and oxygen atoms in total. The second kappa shape index (κ2) is 7.86. The first-order valence-electron chi connectivity index (χ1n) is 8.21. The van der Waals surface area contributed by atoms with E-state index in [1.807, 2.05) is 13.0 Å². The minimum Gasteiger partial charge on any atom is -0.507 e. The Kier molecular flexibility index (Phi) is 6.08. The normalized spacial score (nSPS) is 15.2. The van der Waals surface area contributed by atoms with E-state index in [1.165, 1.54) is 25.3 Å². The third kappa shape index (κ3) is 3.65. The topological polar surface area (TPSA) is 53.7 Å². The largest absolute Gasteiger partial charge is 0.507 e. The van der Waals surface area contributed by atoms with Crippen molar-refractivity contribution in [1.82, 2.24) is 4.90 Å². The number of aromatic hydroxyl groups is 1. The number of hydrogen-bond donors (Lipinski definition) is 1. The molecule has 0 atom stereocenters. The fraction of sp³-hybridized carbons (Fsp3) is 0.421. The van der Waals surface area contributed by atoms with Gasteiger partial charge in [-0.25, -0.2) is 4.79 Å². The van der Waals surface area contributed by atoms with Crippen LogP contribution in [0.25, 0.3) is 11.0 Å². The van der Waals surface area contributed by atoms with Crippen molar-refractivity contribution in [2.75, 3.05) is 13.1 Å². The van der Waals surface area contributed by atoms with Crippen LogP contribution in [0.4, 0.5) is 0 Å². The number of aryl methyl sites for hydroxylation is 1. The summed E-state index contributed by atoms with van der Waals surface area (Å²) in [5.74, 6) is 0.233. The van der Waals surface area contributed by atoms with E-state index in [0.717, 1.165) is 36.1 Å². The first-order chi connectivity index (χ1) is 11.1. The number of rotatable bonds is 4. The van der Waals surface area contributed by atoms with Crippen LogP contribution in [0.2, 0.25) is 0 Å². The maximum absolute atomic E-state index is 11.7. The number of phenols is 1. The molecule has 0 aliphatic carbocycles. The minimum absolute atomic E-state index is 0. The quantitative estimate of drug-likeness (QED) is 0.671. The van der Waals surface area contributed by atoms with E-state index in [1.54, 1.807) is 6.08 Å². The Balaban J connectivity index is 0.00000208. The summed E-state index contributed by atoms with van der Waals surface area (Å²) in [5.41, 5.74) is 2.53. The molecule has 1 fully saturated rings. The average molecular weight is 350 g/mol. The lowest BCUT2D eigenvalue weighted by atomic mass is 9.98. The number of piperidine rings is 1. The number of likely N-dealkylation sites (tertiary alicyclic amines) is 1. The van der Waals surface area contributed by atoms with E-state index in [-0.39, 0.29) is 23.8 Å². The van der Waals surface area contributed by atoms with E-state index >= 15 is 0 Å². The molecule has 130 valence electrons. The van der Waals surface area contributed by atoms with Gasteiger partial charge in [-0.05, 0) is 50.9 Å². The first kappa shape index (κ1) is 18.6. The van der Waals surface area contributed by atoms with Gasteiger partial charge in [0.25, 0.3) is 0 Å². The van der Waals surface area contributed by atoms with Gasteiger partial charge in [-0.1, -0.05) is 12.5 Å². The first-order valence-corrected chi connectivity index (χ1v) is 8.21. The highest BCUT2D eigenvalue weighted by Crippen LogP contribution is 2.34. The monoisotopic (exact) mass is 349 g/mol. The number of nitrogens with zero attached hydrogens (tertiary/aromatic N) is 1. The maximum atomic E-state index is 11.7. The summed E-state index contributed by atoms with van der Waals surface area (Å²) in [4.78, 5) is 14.1. The molecule has 1 aliphatic heterocycles. The van der Waals surface area contributed by atoms with Gasteiger partial charge in [0.15, 0.2) is 0 Å². The fourth-order valence-electron chi connectivity index (χ4n) is 3.38. The van der Waals surface area contributed by atoms with Gasteiger partial charge in [0.05, 0.1) is 0 Å². The molecule has 1 aliphatic rings. The summed E-state index contributed by atoms with van der Waals surface area (Å²) in [6.07, 6.45) is 5.90. The second-order valence-electron chi connectivity index (χ2n) is 6.32. The zero-order valence-electron chi connectivity index (χ0n) is 14.0. The number of allylic oxidation sites excluding steroid dienone is 1. The van der Waals surface area contributed by atoms with Crippen molar-refractivity contribution in [3.8, 4) is 5.75 Å². The molecule has 3 rings (SSSR count). The van der Waals surface area contributed by atoms with Crippen molar-refractivity contribution in [3.63, 3.8) is 0 Å². The summed E-state index contributed by atoms with van der Waals surface area (Å²) in [5, 5.41) is 11.6. The Hall–Kier alpha value is -1.78. The SMILES string of the molecule is C=CCc1c(O)c(CN2CCCCC2)cc2c(C)cc(=O)oc12.Cl. The maximum Gasteiger partial charge on any atom is 0.336 e. The number of benzene rings is 1. The smallest absolute Gasteiger partial charge is 0.336 e. The molecule has 0 bridgehead atoms. The van der Waals surface area contributed by atoms with Crippen LogP contribution in [0.15, 0.2) is 34.0 Å². The van der Waals surface area contributed by atoms with Crippen LogP contribution in [0.1, 0.15) is 36.0 Å². The van der Waals surface area contributed by atoms with Crippen LogP contribution in [0.3, 0.4) is 0 Å². The molecule has 1 aromatic carbocycles. The van der Waals surface area contributed by atoms with Gasteiger partial charge in [-0.3, -0.25) is 4.90 Å². The third-order valence-electron chi connectivity index (χ3n) is 4.58. The second-order valence-corrected chi connectivity index (χ2v) is 6.32. The van der Waals surface area contributed by atoms with Crippen LogP contribution in [-0.2, 0) is 13.0 Å². The standard InChI is InChI=1S/C19H23NO3.ClH/c1-3-7-15-18(22)14(12-20-8-5-4-6-9-20)11-16-13(2)10-17(21)23-19(15)16;/h3,10-11,22H,1,4-9,12H2,2H3;1H. The van der Waals surface area contributed by atoms with Crippen molar-refractivity contribution in [1.29, 1.82) is 0 Å². The minimum atomic E-state index is -0.386. The van der Waals surface area contributed by atoms with Gasteiger partial charge in [-0.2, -0.15) is 0 Å². The van der Waals surface area contributed by atoms with Crippen LogP contribution < -0.4 is 5.63 Å². The fourth-order valence-corrected chi connectivity index (χ4v) is 3.38. The summed E-state index contributed by atoms with van der Waals surface area (Å²) in [6.45, 7) is 8.51. The van der Waals surface area contributed by atoms with Gasteiger partial charge in [0.1, 0.15) is 11.3 Å². The van der Waals surface area contributed by atoms with Gasteiger partial charge >= 0.3 is 5.63 Å². The lowest BCUT2D eigenvalue weighted by Crippen LogP contribution is -2.29. The Morgan fingerprint density at radius 3 is 2.67 bits per heavy atom. The van der Waals surface area contributed by atoms with Crippen LogP contribution in [0, 0.1) is 6.92 Å². The zero-order valence-corrected chi connectivity index (χ0v) is 14.8. The highest BCUT2D eigenvalue weighted by molar-refractivity contribution is 5.86. The molecule has 1 aromatic heterocycles. The Morgan fingerprint density at radius 2 is 2.00 bits per heavy atom. The molecule has 5 heteroatoms. The molecular weight excluding hydrogens is 326 g/mol. The zero-order chi connectivity index (χ0) is 16.4. The number of fused-ring (bicyclic) bond motifs is 1. The van der Waals surface area contributed by atoms with Gasteiger partial charge < -0.3 is 9.52 Å². The Labute approximate surface area is 148 Å². The molecule has 0 amide bonds. The van der Waals surface area contributed by atoms with Crippen molar-refractivity contribution >= 4 is 23.4 Å². The van der Waals surface area contributed by atoms with Crippen LogP contribution in [-0.4, -0.2) is 23.1 Å². The Morgan fingerprint density at radius 1 is 1.29 bits per heavy atom. The molecule has 0 radical (unpaired) electrons. The van der Waals surface area contributed by atoms with Crippen LogP contribution >= 0.6 is 12.4 Å². The average Bonchev–Trinajstić information content (AvgIpc) is 2.53. The van der Waals surface area contributed by atoms with Gasteiger partial charge in [-0.15, -0.1) is 19.0 Å².